The Morgan fingerprint density at radius 2 is 1.48 bits per heavy atom. The van der Waals surface area contributed by atoms with Crippen molar-refractivity contribution in [1.82, 2.24) is 5.43 Å². The molecular weight excluding hydrogens is 424 g/mol. The molecule has 0 aliphatic carbocycles. The topological polar surface area (TPSA) is 41.5 Å². The van der Waals surface area contributed by atoms with Crippen LogP contribution in [0.3, 0.4) is 0 Å². The molecule has 0 bridgehead atoms. The number of nitrogens with zero attached hydrogens (tertiary/aromatic N) is 1. The Hall–Kier alpha value is -2.56. The Kier molecular flexibility index (Phi) is 7.58. The summed E-state index contributed by atoms with van der Waals surface area (Å²) in [5.41, 5.74) is 7.52. The van der Waals surface area contributed by atoms with Crippen molar-refractivity contribution in [3.05, 3.63) is 100 Å². The summed E-state index contributed by atoms with van der Waals surface area (Å²) in [6.45, 7) is 8.45. The van der Waals surface area contributed by atoms with E-state index in [0.717, 1.165) is 32.5 Å². The molecule has 31 heavy (non-hydrogen) atoms. The van der Waals surface area contributed by atoms with Crippen molar-refractivity contribution in [3.63, 3.8) is 0 Å². The number of hydrazone groups is 1. The monoisotopic (exact) mass is 450 g/mol. The molecule has 5 heteroatoms. The maximum Gasteiger partial charge on any atom is 0.271 e. The van der Waals surface area contributed by atoms with Crippen LogP contribution in [0.25, 0.3) is 0 Å². The molecule has 3 aromatic rings. The van der Waals surface area contributed by atoms with Gasteiger partial charge in [-0.15, -0.1) is 11.8 Å². The number of rotatable bonds is 6. The van der Waals surface area contributed by atoms with Gasteiger partial charge < -0.3 is 0 Å². The predicted octanol–water partition coefficient (Wildman–Crippen LogP) is 7.08. The van der Waals surface area contributed by atoms with Crippen LogP contribution >= 0.6 is 23.4 Å². The number of hydrogen-bond acceptors (Lipinski definition) is 3. The van der Waals surface area contributed by atoms with Crippen molar-refractivity contribution in [2.24, 2.45) is 5.10 Å². The molecule has 160 valence electrons. The summed E-state index contributed by atoms with van der Waals surface area (Å²) in [5, 5.41) is 5.01. The van der Waals surface area contributed by atoms with Gasteiger partial charge in [0.05, 0.1) is 5.71 Å². The van der Waals surface area contributed by atoms with Crippen LogP contribution in [0, 0.1) is 0 Å². The van der Waals surface area contributed by atoms with E-state index in [4.69, 9.17) is 11.6 Å². The molecule has 0 heterocycles. The van der Waals surface area contributed by atoms with Crippen molar-refractivity contribution < 1.29 is 4.79 Å². The molecule has 0 aliphatic rings. The molecule has 0 aromatic heterocycles. The number of benzene rings is 3. The summed E-state index contributed by atoms with van der Waals surface area (Å²) in [6.07, 6.45) is 0. The Bertz CT molecular complexity index is 1050. The third-order valence-electron chi connectivity index (χ3n) is 4.93. The van der Waals surface area contributed by atoms with Crippen LogP contribution in [0.5, 0.6) is 0 Å². The number of carbonyl (C=O) groups excluding carboxylic acids is 1. The van der Waals surface area contributed by atoms with Crippen LogP contribution < -0.4 is 5.43 Å². The standard InChI is InChI=1S/C26H27ClN2OS/c1-18(20-9-11-22(12-10-20)26(2,3)4)28-29-25(30)21-7-5-19(6-8-21)17-31-24-15-13-23(27)14-16-24/h5-16H,17H2,1-4H3,(H,29,30)/b28-18-. The normalized spacial score (nSPS) is 12.0. The molecule has 0 radical (unpaired) electrons. The number of thioether (sulfide) groups is 1. The van der Waals surface area contributed by atoms with E-state index in [1.54, 1.807) is 11.8 Å². The first kappa shape index (κ1) is 23.1. The van der Waals surface area contributed by atoms with E-state index in [2.05, 4.69) is 43.4 Å². The van der Waals surface area contributed by atoms with Gasteiger partial charge in [0.2, 0.25) is 0 Å². The summed E-state index contributed by atoms with van der Waals surface area (Å²) in [6, 6.07) is 23.7. The largest absolute Gasteiger partial charge is 0.271 e. The molecule has 0 spiro atoms. The van der Waals surface area contributed by atoms with Gasteiger partial charge in [-0.25, -0.2) is 5.43 Å². The minimum atomic E-state index is -0.220. The van der Waals surface area contributed by atoms with Crippen LogP contribution in [0.1, 0.15) is 54.7 Å². The molecule has 0 atom stereocenters. The maximum absolute atomic E-state index is 12.5. The Morgan fingerprint density at radius 1 is 0.903 bits per heavy atom. The highest BCUT2D eigenvalue weighted by atomic mass is 35.5. The second kappa shape index (κ2) is 10.2. The lowest BCUT2D eigenvalue weighted by Gasteiger charge is -2.19. The Balaban J connectivity index is 1.56. The zero-order chi connectivity index (χ0) is 22.4. The molecule has 0 aliphatic heterocycles. The van der Waals surface area contributed by atoms with Gasteiger partial charge in [-0.05, 0) is 65.4 Å². The molecule has 0 saturated heterocycles. The zero-order valence-electron chi connectivity index (χ0n) is 18.3. The van der Waals surface area contributed by atoms with E-state index >= 15 is 0 Å². The lowest BCUT2D eigenvalue weighted by atomic mass is 9.86. The smallest absolute Gasteiger partial charge is 0.267 e. The fourth-order valence-electron chi connectivity index (χ4n) is 2.92. The van der Waals surface area contributed by atoms with Crippen molar-refractivity contribution in [2.75, 3.05) is 0 Å². The van der Waals surface area contributed by atoms with Gasteiger partial charge in [-0.1, -0.05) is 68.8 Å². The molecular formula is C26H27ClN2OS. The maximum atomic E-state index is 12.5. The lowest BCUT2D eigenvalue weighted by Crippen LogP contribution is -2.19. The first-order valence-corrected chi connectivity index (χ1v) is 11.5. The molecule has 0 saturated carbocycles. The van der Waals surface area contributed by atoms with Crippen molar-refractivity contribution in [1.29, 1.82) is 0 Å². The summed E-state index contributed by atoms with van der Waals surface area (Å²) in [5.74, 6) is 0.605. The number of carbonyl (C=O) groups is 1. The average molecular weight is 451 g/mol. The molecule has 0 fully saturated rings. The second-order valence-electron chi connectivity index (χ2n) is 8.41. The quantitative estimate of drug-likeness (QED) is 0.247. The van der Waals surface area contributed by atoms with E-state index in [9.17, 15) is 4.79 Å². The minimum absolute atomic E-state index is 0.108. The summed E-state index contributed by atoms with van der Waals surface area (Å²) in [7, 11) is 0. The second-order valence-corrected chi connectivity index (χ2v) is 9.89. The highest BCUT2D eigenvalue weighted by Crippen LogP contribution is 2.24. The van der Waals surface area contributed by atoms with Gasteiger partial charge in [-0.3, -0.25) is 4.79 Å². The third-order valence-corrected chi connectivity index (χ3v) is 6.26. The highest BCUT2D eigenvalue weighted by Gasteiger charge is 2.13. The lowest BCUT2D eigenvalue weighted by molar-refractivity contribution is 0.0955. The van der Waals surface area contributed by atoms with E-state index in [1.165, 1.54) is 5.56 Å². The van der Waals surface area contributed by atoms with Crippen molar-refractivity contribution in [2.45, 2.75) is 43.8 Å². The molecule has 1 amide bonds. The molecule has 0 unspecified atom stereocenters. The van der Waals surface area contributed by atoms with Crippen LogP contribution in [0.2, 0.25) is 5.02 Å². The first-order chi connectivity index (χ1) is 14.7. The van der Waals surface area contributed by atoms with Crippen LogP contribution in [-0.2, 0) is 11.2 Å². The van der Waals surface area contributed by atoms with E-state index in [1.807, 2.05) is 67.6 Å². The van der Waals surface area contributed by atoms with Crippen molar-refractivity contribution >= 4 is 35.0 Å². The van der Waals surface area contributed by atoms with Crippen LogP contribution in [0.4, 0.5) is 0 Å². The first-order valence-electron chi connectivity index (χ1n) is 10.2. The zero-order valence-corrected chi connectivity index (χ0v) is 19.8. The SMILES string of the molecule is C/C(=N/NC(=O)c1ccc(CSc2ccc(Cl)cc2)cc1)c1ccc(C(C)(C)C)cc1. The Morgan fingerprint density at radius 3 is 2.06 bits per heavy atom. The average Bonchev–Trinajstić information content (AvgIpc) is 2.76. The van der Waals surface area contributed by atoms with Crippen LogP contribution in [0.15, 0.2) is 82.8 Å². The van der Waals surface area contributed by atoms with E-state index in [-0.39, 0.29) is 11.3 Å². The van der Waals surface area contributed by atoms with E-state index in [0.29, 0.717) is 5.56 Å². The fourth-order valence-corrected chi connectivity index (χ4v) is 3.91. The highest BCUT2D eigenvalue weighted by molar-refractivity contribution is 7.98. The van der Waals surface area contributed by atoms with Gasteiger partial charge >= 0.3 is 0 Å². The summed E-state index contributed by atoms with van der Waals surface area (Å²) in [4.78, 5) is 13.6. The van der Waals surface area contributed by atoms with Crippen molar-refractivity contribution in [3.8, 4) is 0 Å². The van der Waals surface area contributed by atoms with Gasteiger partial charge in [0.25, 0.3) is 5.91 Å². The molecule has 3 aromatic carbocycles. The van der Waals surface area contributed by atoms with Gasteiger partial charge in [0, 0.05) is 21.2 Å². The van der Waals surface area contributed by atoms with Gasteiger partial charge in [-0.2, -0.15) is 5.10 Å². The summed E-state index contributed by atoms with van der Waals surface area (Å²) < 4.78 is 0. The number of hydrogen-bond donors (Lipinski definition) is 1. The molecule has 3 nitrogen and oxygen atoms in total. The number of nitrogens with one attached hydrogen (secondary N) is 1. The molecule has 3 rings (SSSR count). The van der Waals surface area contributed by atoms with Gasteiger partial charge in [0.1, 0.15) is 0 Å². The Labute approximate surface area is 193 Å². The minimum Gasteiger partial charge on any atom is -0.267 e. The number of halogens is 1. The third kappa shape index (κ3) is 6.71. The summed E-state index contributed by atoms with van der Waals surface area (Å²) >= 11 is 7.65. The van der Waals surface area contributed by atoms with Crippen LogP contribution in [-0.4, -0.2) is 11.6 Å². The fraction of sp³-hybridized carbons (Fsp3) is 0.231. The predicted molar refractivity (Wildman–Crippen MR) is 132 cm³/mol. The van der Waals surface area contributed by atoms with E-state index < -0.39 is 0 Å². The molecule has 1 N–H and O–H groups in total. The van der Waals surface area contributed by atoms with Gasteiger partial charge in [0.15, 0.2) is 0 Å². The number of amides is 1.